The summed E-state index contributed by atoms with van der Waals surface area (Å²) in [5.74, 6) is 0.598. The molecule has 202 valence electrons. The molecule has 0 fully saturated rings. The van der Waals surface area contributed by atoms with Gasteiger partial charge in [0.2, 0.25) is 0 Å². The van der Waals surface area contributed by atoms with Crippen LogP contribution in [0.5, 0.6) is 5.75 Å². The second-order valence-corrected chi connectivity index (χ2v) is 9.89. The van der Waals surface area contributed by atoms with Gasteiger partial charge in [0.05, 0.1) is 22.5 Å². The molecule has 3 heterocycles. The Labute approximate surface area is 232 Å². The highest BCUT2D eigenvalue weighted by molar-refractivity contribution is 6.31. The zero-order valence-corrected chi connectivity index (χ0v) is 24.0. The van der Waals surface area contributed by atoms with Crippen molar-refractivity contribution in [2.75, 3.05) is 7.05 Å². The van der Waals surface area contributed by atoms with Crippen molar-refractivity contribution in [2.45, 2.75) is 47.3 Å². The van der Waals surface area contributed by atoms with Gasteiger partial charge in [0.1, 0.15) is 17.9 Å². The maximum absolute atomic E-state index is 12.8. The summed E-state index contributed by atoms with van der Waals surface area (Å²) in [6, 6.07) is 10.5. The number of nitrogens with zero attached hydrogens (tertiary/aromatic N) is 5. The Morgan fingerprint density at radius 3 is 2.56 bits per heavy atom. The number of aromatic nitrogens is 4. The minimum atomic E-state index is -0.494. The lowest BCUT2D eigenvalue weighted by molar-refractivity contribution is 0.306. The third kappa shape index (κ3) is 5.43. The van der Waals surface area contributed by atoms with Gasteiger partial charge >= 0.3 is 5.69 Å². The first kappa shape index (κ1) is 28.0. The number of hydrogen-bond acceptors (Lipinski definition) is 6. The predicted octanol–water partition coefficient (Wildman–Crippen LogP) is 5.33. The van der Waals surface area contributed by atoms with E-state index < -0.39 is 11.7 Å². The second-order valence-electron chi connectivity index (χ2n) is 9.48. The van der Waals surface area contributed by atoms with Crippen LogP contribution in [-0.2, 0) is 13.7 Å². The van der Waals surface area contributed by atoms with E-state index in [4.69, 9.17) is 26.3 Å². The van der Waals surface area contributed by atoms with Gasteiger partial charge in [-0.25, -0.2) is 9.78 Å². The molecule has 0 saturated carbocycles. The zero-order chi connectivity index (χ0) is 28.4. The van der Waals surface area contributed by atoms with E-state index in [0.29, 0.717) is 27.7 Å². The molecular weight excluding hydrogens is 514 g/mol. The van der Waals surface area contributed by atoms with Gasteiger partial charge < -0.3 is 4.74 Å². The van der Waals surface area contributed by atoms with Crippen LogP contribution in [0.3, 0.4) is 0 Å². The largest absolute Gasteiger partial charge is 0.486 e. The van der Waals surface area contributed by atoms with E-state index in [0.717, 1.165) is 38.0 Å². The van der Waals surface area contributed by atoms with Gasteiger partial charge in [0.25, 0.3) is 5.56 Å². The van der Waals surface area contributed by atoms with E-state index in [-0.39, 0.29) is 12.2 Å². The number of para-hydroxylation sites is 1. The van der Waals surface area contributed by atoms with Crippen LogP contribution in [0.2, 0.25) is 5.02 Å². The van der Waals surface area contributed by atoms with Crippen molar-refractivity contribution < 1.29 is 4.74 Å². The molecule has 0 amide bonds. The Kier molecular flexibility index (Phi) is 8.16. The average molecular weight is 546 g/mol. The molecule has 0 aliphatic carbocycles. The third-order valence-corrected chi connectivity index (χ3v) is 7.18. The van der Waals surface area contributed by atoms with E-state index in [9.17, 15) is 9.59 Å². The number of aryl methyl sites for hydroxylation is 2. The lowest BCUT2D eigenvalue weighted by Gasteiger charge is -2.21. The molecule has 0 N–H and O–H groups in total. The summed E-state index contributed by atoms with van der Waals surface area (Å²) in [5.41, 5.74) is 5.66. The molecule has 1 atom stereocenters. The van der Waals surface area contributed by atoms with Crippen LogP contribution in [0.4, 0.5) is 0 Å². The van der Waals surface area contributed by atoms with Gasteiger partial charge in [-0.15, -0.1) is 0 Å². The van der Waals surface area contributed by atoms with Gasteiger partial charge in [0, 0.05) is 54.3 Å². The zero-order valence-electron chi connectivity index (χ0n) is 23.2. The van der Waals surface area contributed by atoms with Crippen molar-refractivity contribution in [3.63, 3.8) is 0 Å². The van der Waals surface area contributed by atoms with Crippen LogP contribution in [-0.4, -0.2) is 31.9 Å². The molecule has 4 aromatic rings. The molecule has 0 bridgehead atoms. The van der Waals surface area contributed by atoms with Crippen molar-refractivity contribution >= 4 is 28.2 Å². The highest BCUT2D eigenvalue weighted by Crippen LogP contribution is 2.32. The predicted molar refractivity (Wildman–Crippen MR) is 156 cm³/mol. The average Bonchev–Trinajstić information content (AvgIpc) is 2.91. The monoisotopic (exact) mass is 545 g/mol. The Bertz CT molecular complexity index is 1750. The normalized spacial score (nSPS) is 13.1. The lowest BCUT2D eigenvalue weighted by Crippen LogP contribution is -2.38. The number of ether oxygens (including phenoxy) is 1. The number of pyridine rings is 2. The van der Waals surface area contributed by atoms with Crippen LogP contribution >= 0.6 is 11.6 Å². The maximum atomic E-state index is 12.8. The first-order valence-electron chi connectivity index (χ1n) is 12.6. The topological polar surface area (TPSA) is 91.4 Å². The molecule has 1 aromatic carbocycles. The number of allylic oxidation sites excluding steroid dienone is 2. The van der Waals surface area contributed by atoms with Gasteiger partial charge in [-0.1, -0.05) is 29.8 Å². The van der Waals surface area contributed by atoms with Gasteiger partial charge in [-0.05, 0) is 58.4 Å². The Morgan fingerprint density at radius 1 is 1.15 bits per heavy atom. The summed E-state index contributed by atoms with van der Waals surface area (Å²) in [4.78, 5) is 38.8. The number of halogens is 1. The van der Waals surface area contributed by atoms with Gasteiger partial charge in [-0.2, -0.15) is 0 Å². The van der Waals surface area contributed by atoms with Crippen molar-refractivity contribution in [1.82, 2.24) is 19.1 Å². The standard InChI is InChI=1S/C30H32ClN5O3/c1-8-17(2)27(32-6)22-14-18(3)34-29-21(22)10-9-11-25(29)39-16-23-24(31)15-19(4)33-28(23)20(5)36-13-12-26(37)35(7)30(36)38/h8-15,20H,16H2,1-7H3/b17-8-,32-27+. The van der Waals surface area contributed by atoms with Crippen LogP contribution in [0.15, 0.2) is 68.8 Å². The second kappa shape index (κ2) is 11.4. The van der Waals surface area contributed by atoms with E-state index in [2.05, 4.69) is 4.99 Å². The molecule has 3 aromatic heterocycles. The number of rotatable bonds is 7. The third-order valence-electron chi connectivity index (χ3n) is 6.85. The summed E-state index contributed by atoms with van der Waals surface area (Å²) in [6.45, 7) is 9.77. The molecule has 0 aliphatic heterocycles. The van der Waals surface area contributed by atoms with Crippen LogP contribution in [0, 0.1) is 13.8 Å². The van der Waals surface area contributed by atoms with Crippen LogP contribution in [0.25, 0.3) is 10.9 Å². The Hall–Kier alpha value is -4.04. The fourth-order valence-corrected chi connectivity index (χ4v) is 4.95. The fraction of sp³-hybridized carbons (Fsp3) is 0.300. The van der Waals surface area contributed by atoms with E-state index in [1.807, 2.05) is 65.0 Å². The van der Waals surface area contributed by atoms with E-state index in [1.165, 1.54) is 23.9 Å². The van der Waals surface area contributed by atoms with Crippen molar-refractivity contribution in [1.29, 1.82) is 0 Å². The minimum Gasteiger partial charge on any atom is -0.486 e. The minimum absolute atomic E-state index is 0.110. The molecule has 0 saturated heterocycles. The number of fused-ring (bicyclic) bond motifs is 1. The van der Waals surface area contributed by atoms with Crippen molar-refractivity contribution in [3.8, 4) is 5.75 Å². The SMILES string of the molecule is C/C=C(C)\C(=N/C)c1cc(C)nc2c(OCc3c(Cl)cc(C)nc3C(C)n3ccc(=O)n(C)c3=O)cccc12. The number of aliphatic imine (C=N–C) groups is 1. The molecule has 1 unspecified atom stereocenters. The van der Waals surface area contributed by atoms with Crippen molar-refractivity contribution in [2.24, 2.45) is 12.0 Å². The number of hydrogen-bond donors (Lipinski definition) is 0. The highest BCUT2D eigenvalue weighted by Gasteiger charge is 2.21. The fourth-order valence-electron chi connectivity index (χ4n) is 4.64. The number of benzene rings is 1. The quantitative estimate of drug-likeness (QED) is 0.293. The van der Waals surface area contributed by atoms with Gasteiger partial charge in [0.15, 0.2) is 0 Å². The molecule has 39 heavy (non-hydrogen) atoms. The molecule has 4 rings (SSSR count). The maximum Gasteiger partial charge on any atom is 0.331 e. The summed E-state index contributed by atoms with van der Waals surface area (Å²) in [5, 5.41) is 1.41. The smallest absolute Gasteiger partial charge is 0.331 e. The molecular formula is C30H32ClN5O3. The molecule has 0 radical (unpaired) electrons. The molecule has 8 nitrogen and oxygen atoms in total. The summed E-state index contributed by atoms with van der Waals surface area (Å²) in [7, 11) is 3.24. The summed E-state index contributed by atoms with van der Waals surface area (Å²) < 4.78 is 8.88. The van der Waals surface area contributed by atoms with E-state index >= 15 is 0 Å². The first-order chi connectivity index (χ1) is 18.6. The molecule has 9 heteroatoms. The van der Waals surface area contributed by atoms with Crippen LogP contribution in [0.1, 0.15) is 55.0 Å². The van der Waals surface area contributed by atoms with Crippen LogP contribution < -0.4 is 16.0 Å². The lowest BCUT2D eigenvalue weighted by atomic mass is 9.98. The Balaban J connectivity index is 1.79. The van der Waals surface area contributed by atoms with E-state index in [1.54, 1.807) is 13.1 Å². The highest BCUT2D eigenvalue weighted by atomic mass is 35.5. The van der Waals surface area contributed by atoms with Crippen molar-refractivity contribution in [3.05, 3.63) is 108 Å². The molecule has 0 aliphatic rings. The van der Waals surface area contributed by atoms with Gasteiger partial charge in [-0.3, -0.25) is 23.9 Å². The summed E-state index contributed by atoms with van der Waals surface area (Å²) >= 11 is 6.71. The Morgan fingerprint density at radius 2 is 1.87 bits per heavy atom. The molecule has 0 spiro atoms. The summed E-state index contributed by atoms with van der Waals surface area (Å²) in [6.07, 6.45) is 3.52. The first-order valence-corrected chi connectivity index (χ1v) is 13.0.